The maximum atomic E-state index is 5.96. The van der Waals surface area contributed by atoms with E-state index in [1.54, 1.807) is 11.3 Å². The molecule has 1 atom stereocenters. The highest BCUT2D eigenvalue weighted by molar-refractivity contribution is 7.16. The van der Waals surface area contributed by atoms with Gasteiger partial charge in [0, 0.05) is 10.9 Å². The van der Waals surface area contributed by atoms with Gasteiger partial charge in [-0.05, 0) is 32.0 Å². The summed E-state index contributed by atoms with van der Waals surface area (Å²) in [6, 6.07) is 4.75. The lowest BCUT2D eigenvalue weighted by Crippen LogP contribution is -2.27. The number of halogens is 1. The fourth-order valence-corrected chi connectivity index (χ4v) is 3.39. The Morgan fingerprint density at radius 3 is 2.50 bits per heavy atom. The van der Waals surface area contributed by atoms with Crippen molar-refractivity contribution in [2.45, 2.75) is 64.3 Å². The third kappa shape index (κ3) is 6.77. The Balaban J connectivity index is 2.13. The van der Waals surface area contributed by atoms with Gasteiger partial charge in [0.15, 0.2) is 0 Å². The van der Waals surface area contributed by atoms with E-state index in [0.717, 1.165) is 10.8 Å². The van der Waals surface area contributed by atoms with Crippen LogP contribution in [0.4, 0.5) is 0 Å². The van der Waals surface area contributed by atoms with E-state index in [2.05, 4.69) is 25.4 Å². The molecule has 0 saturated heterocycles. The second kappa shape index (κ2) is 9.82. The lowest BCUT2D eigenvalue weighted by atomic mass is 10.0. The Morgan fingerprint density at radius 2 is 1.89 bits per heavy atom. The minimum Gasteiger partial charge on any atom is -0.317 e. The number of thiophene rings is 1. The predicted molar refractivity (Wildman–Crippen MR) is 83.9 cm³/mol. The van der Waals surface area contributed by atoms with Gasteiger partial charge < -0.3 is 5.32 Å². The predicted octanol–water partition coefficient (Wildman–Crippen LogP) is 5.28. The van der Waals surface area contributed by atoms with Crippen molar-refractivity contribution in [3.8, 4) is 0 Å². The van der Waals surface area contributed by atoms with Crippen LogP contribution in [0, 0.1) is 0 Å². The average Bonchev–Trinajstić information content (AvgIpc) is 2.77. The minimum absolute atomic E-state index is 0.603. The second-order valence-electron chi connectivity index (χ2n) is 4.95. The van der Waals surface area contributed by atoms with E-state index >= 15 is 0 Å². The van der Waals surface area contributed by atoms with Crippen molar-refractivity contribution in [2.75, 3.05) is 7.05 Å². The molecule has 3 heteroatoms. The first kappa shape index (κ1) is 16.0. The van der Waals surface area contributed by atoms with Crippen molar-refractivity contribution in [1.82, 2.24) is 5.32 Å². The summed E-state index contributed by atoms with van der Waals surface area (Å²) >= 11 is 7.67. The molecule has 1 aromatic heterocycles. The molecule has 1 nitrogen and oxygen atoms in total. The number of hydrogen-bond donors (Lipinski definition) is 1. The third-order valence-corrected chi connectivity index (χ3v) is 4.64. The Bertz CT molecular complexity index is 311. The van der Waals surface area contributed by atoms with Crippen molar-refractivity contribution in [2.24, 2.45) is 0 Å². The van der Waals surface area contributed by atoms with Crippen LogP contribution >= 0.6 is 22.9 Å². The van der Waals surface area contributed by atoms with Crippen LogP contribution in [0.3, 0.4) is 0 Å². The van der Waals surface area contributed by atoms with Crippen molar-refractivity contribution in [3.63, 3.8) is 0 Å². The first-order valence-corrected chi connectivity index (χ1v) is 8.37. The molecule has 0 aliphatic heterocycles. The number of nitrogens with one attached hydrogen (secondary N) is 1. The van der Waals surface area contributed by atoms with E-state index < -0.39 is 0 Å². The fourth-order valence-electron chi connectivity index (χ4n) is 2.22. The molecule has 1 unspecified atom stereocenters. The summed E-state index contributed by atoms with van der Waals surface area (Å²) in [5.74, 6) is 0. The van der Waals surface area contributed by atoms with E-state index in [-0.39, 0.29) is 0 Å². The molecule has 0 aromatic carbocycles. The number of unbranched alkanes of at least 4 members (excludes halogenated alkanes) is 5. The highest BCUT2D eigenvalue weighted by Crippen LogP contribution is 2.23. The summed E-state index contributed by atoms with van der Waals surface area (Å²) in [5, 5.41) is 3.43. The Labute approximate surface area is 121 Å². The Hall–Kier alpha value is -0.0500. The van der Waals surface area contributed by atoms with Gasteiger partial charge in [0.05, 0.1) is 4.34 Å². The summed E-state index contributed by atoms with van der Waals surface area (Å²) < 4.78 is 0.902. The van der Waals surface area contributed by atoms with Gasteiger partial charge in [0.2, 0.25) is 0 Å². The standard InChI is InChI=1S/C15H26ClNS/c1-3-4-5-6-7-8-9-13(17-2)12-14-10-11-15(16)18-14/h10-11,13,17H,3-9,12H2,1-2H3. The molecule has 1 aromatic rings. The molecule has 1 rings (SSSR count). The normalized spacial score (nSPS) is 12.8. The molecular formula is C15H26ClNS. The molecule has 0 bridgehead atoms. The molecule has 0 saturated carbocycles. The highest BCUT2D eigenvalue weighted by atomic mass is 35.5. The highest BCUT2D eigenvalue weighted by Gasteiger charge is 2.08. The monoisotopic (exact) mass is 287 g/mol. The van der Waals surface area contributed by atoms with Crippen LogP contribution in [-0.4, -0.2) is 13.1 Å². The molecule has 0 aliphatic carbocycles. The lowest BCUT2D eigenvalue weighted by molar-refractivity contribution is 0.482. The van der Waals surface area contributed by atoms with Crippen molar-refractivity contribution < 1.29 is 0 Å². The van der Waals surface area contributed by atoms with E-state index in [4.69, 9.17) is 11.6 Å². The smallest absolute Gasteiger partial charge is 0.0931 e. The summed E-state index contributed by atoms with van der Waals surface area (Å²) in [7, 11) is 2.07. The van der Waals surface area contributed by atoms with Crippen LogP contribution in [0.5, 0.6) is 0 Å². The van der Waals surface area contributed by atoms with Gasteiger partial charge in [0.25, 0.3) is 0 Å². The van der Waals surface area contributed by atoms with Gasteiger partial charge in [-0.1, -0.05) is 57.0 Å². The second-order valence-corrected chi connectivity index (χ2v) is 6.75. The van der Waals surface area contributed by atoms with Gasteiger partial charge in [-0.3, -0.25) is 0 Å². The quantitative estimate of drug-likeness (QED) is 0.577. The van der Waals surface area contributed by atoms with Crippen LogP contribution in [0.2, 0.25) is 4.34 Å². The van der Waals surface area contributed by atoms with Crippen LogP contribution in [0.25, 0.3) is 0 Å². The van der Waals surface area contributed by atoms with Gasteiger partial charge >= 0.3 is 0 Å². The Kier molecular flexibility index (Phi) is 8.74. The van der Waals surface area contributed by atoms with E-state index in [9.17, 15) is 0 Å². The SMILES string of the molecule is CCCCCCCCC(Cc1ccc(Cl)s1)NC. The molecular weight excluding hydrogens is 262 g/mol. The molecule has 1 heterocycles. The first-order chi connectivity index (χ1) is 8.76. The van der Waals surface area contributed by atoms with Crippen LogP contribution in [0.15, 0.2) is 12.1 Å². The number of likely N-dealkylation sites (N-methyl/N-ethyl adjacent to an activating group) is 1. The van der Waals surface area contributed by atoms with E-state index in [1.165, 1.54) is 49.8 Å². The number of rotatable bonds is 10. The van der Waals surface area contributed by atoms with Gasteiger partial charge in [-0.25, -0.2) is 0 Å². The van der Waals surface area contributed by atoms with Crippen LogP contribution in [0.1, 0.15) is 56.7 Å². The third-order valence-electron chi connectivity index (χ3n) is 3.39. The van der Waals surface area contributed by atoms with Gasteiger partial charge in [-0.2, -0.15) is 0 Å². The van der Waals surface area contributed by atoms with Crippen LogP contribution in [-0.2, 0) is 6.42 Å². The summed E-state index contributed by atoms with van der Waals surface area (Å²) in [4.78, 5) is 1.39. The first-order valence-electron chi connectivity index (χ1n) is 7.17. The van der Waals surface area contributed by atoms with E-state index in [0.29, 0.717) is 6.04 Å². The minimum atomic E-state index is 0.603. The van der Waals surface area contributed by atoms with Crippen molar-refractivity contribution in [3.05, 3.63) is 21.3 Å². The molecule has 0 amide bonds. The molecule has 0 spiro atoms. The molecule has 0 aliphatic rings. The lowest BCUT2D eigenvalue weighted by Gasteiger charge is -2.15. The molecule has 0 fully saturated rings. The molecule has 1 N–H and O–H groups in total. The van der Waals surface area contributed by atoms with Crippen molar-refractivity contribution in [1.29, 1.82) is 0 Å². The molecule has 104 valence electrons. The topological polar surface area (TPSA) is 12.0 Å². The summed E-state index contributed by atoms with van der Waals surface area (Å²) in [6.07, 6.45) is 10.6. The average molecular weight is 288 g/mol. The zero-order chi connectivity index (χ0) is 13.2. The fraction of sp³-hybridized carbons (Fsp3) is 0.733. The zero-order valence-corrected chi connectivity index (χ0v) is 13.2. The summed E-state index contributed by atoms with van der Waals surface area (Å²) in [5.41, 5.74) is 0. The van der Waals surface area contributed by atoms with E-state index in [1.807, 2.05) is 6.07 Å². The molecule has 18 heavy (non-hydrogen) atoms. The zero-order valence-electron chi connectivity index (χ0n) is 11.7. The largest absolute Gasteiger partial charge is 0.317 e. The summed E-state index contributed by atoms with van der Waals surface area (Å²) in [6.45, 7) is 2.27. The molecule has 0 radical (unpaired) electrons. The van der Waals surface area contributed by atoms with Crippen LogP contribution < -0.4 is 5.32 Å². The maximum Gasteiger partial charge on any atom is 0.0931 e. The van der Waals surface area contributed by atoms with Crippen molar-refractivity contribution >= 4 is 22.9 Å². The van der Waals surface area contributed by atoms with Gasteiger partial charge in [0.1, 0.15) is 0 Å². The Morgan fingerprint density at radius 1 is 1.17 bits per heavy atom. The van der Waals surface area contributed by atoms with Gasteiger partial charge in [-0.15, -0.1) is 11.3 Å². The maximum absolute atomic E-state index is 5.96. The number of hydrogen-bond acceptors (Lipinski definition) is 2.